The predicted molar refractivity (Wildman–Crippen MR) is 97.3 cm³/mol. The molecule has 0 spiro atoms. The summed E-state index contributed by atoms with van der Waals surface area (Å²) in [6.07, 6.45) is 0.988. The van der Waals surface area contributed by atoms with Gasteiger partial charge < -0.3 is 20.7 Å². The van der Waals surface area contributed by atoms with Crippen LogP contribution in [-0.4, -0.2) is 57.8 Å². The molecule has 5 nitrogen and oxygen atoms in total. The van der Waals surface area contributed by atoms with Crippen LogP contribution in [0.2, 0.25) is 0 Å². The van der Waals surface area contributed by atoms with Gasteiger partial charge in [-0.3, -0.25) is 4.99 Å². The number of rotatable bonds is 9. The highest BCUT2D eigenvalue weighted by molar-refractivity contribution is 14.0. The molecule has 20 heavy (non-hydrogen) atoms. The zero-order valence-corrected chi connectivity index (χ0v) is 15.3. The van der Waals surface area contributed by atoms with Crippen molar-refractivity contribution in [2.75, 3.05) is 46.9 Å². The van der Waals surface area contributed by atoms with Gasteiger partial charge in [0, 0.05) is 31.6 Å². The van der Waals surface area contributed by atoms with E-state index in [2.05, 4.69) is 39.8 Å². The SMILES string of the molecule is COCCN(C)CCN=C(N)NCCc1cccs1.I. The summed E-state index contributed by atoms with van der Waals surface area (Å²) in [7, 11) is 3.76. The maximum absolute atomic E-state index is 5.80. The third-order valence-corrected chi connectivity index (χ3v) is 3.63. The van der Waals surface area contributed by atoms with Crippen molar-refractivity contribution in [3.8, 4) is 0 Å². The Bertz CT molecular complexity index is 359. The van der Waals surface area contributed by atoms with Crippen LogP contribution in [0.15, 0.2) is 22.5 Å². The van der Waals surface area contributed by atoms with E-state index in [-0.39, 0.29) is 24.0 Å². The van der Waals surface area contributed by atoms with Crippen LogP contribution in [0, 0.1) is 0 Å². The van der Waals surface area contributed by atoms with Gasteiger partial charge in [0.1, 0.15) is 0 Å². The molecular formula is C13H25IN4OS. The molecule has 0 saturated carbocycles. The summed E-state index contributed by atoms with van der Waals surface area (Å²) in [5, 5.41) is 5.21. The lowest BCUT2D eigenvalue weighted by Gasteiger charge is -2.14. The minimum Gasteiger partial charge on any atom is -0.383 e. The lowest BCUT2D eigenvalue weighted by Crippen LogP contribution is -2.34. The molecule has 0 bridgehead atoms. The van der Waals surface area contributed by atoms with Crippen molar-refractivity contribution in [2.24, 2.45) is 10.7 Å². The number of ether oxygens (including phenoxy) is 1. The first kappa shape index (κ1) is 19.6. The molecule has 1 rings (SSSR count). The molecule has 0 fully saturated rings. The van der Waals surface area contributed by atoms with E-state index in [0.717, 1.165) is 32.7 Å². The monoisotopic (exact) mass is 412 g/mol. The summed E-state index contributed by atoms with van der Waals surface area (Å²) >= 11 is 1.76. The summed E-state index contributed by atoms with van der Waals surface area (Å²) in [6.45, 7) is 4.08. The van der Waals surface area contributed by atoms with E-state index < -0.39 is 0 Å². The van der Waals surface area contributed by atoms with Gasteiger partial charge in [-0.1, -0.05) is 6.07 Å². The quantitative estimate of drug-likeness (QED) is 0.366. The smallest absolute Gasteiger partial charge is 0.188 e. The van der Waals surface area contributed by atoms with Crippen molar-refractivity contribution in [1.29, 1.82) is 0 Å². The Morgan fingerprint density at radius 2 is 2.30 bits per heavy atom. The number of nitrogens with zero attached hydrogens (tertiary/aromatic N) is 2. The molecule has 0 aliphatic carbocycles. The van der Waals surface area contributed by atoms with Gasteiger partial charge in [0.15, 0.2) is 5.96 Å². The fourth-order valence-electron chi connectivity index (χ4n) is 1.52. The van der Waals surface area contributed by atoms with Gasteiger partial charge in [-0.15, -0.1) is 35.3 Å². The fraction of sp³-hybridized carbons (Fsp3) is 0.615. The number of hydrogen-bond acceptors (Lipinski definition) is 4. The zero-order chi connectivity index (χ0) is 13.9. The molecule has 0 atom stereocenters. The van der Waals surface area contributed by atoms with Crippen LogP contribution in [0.25, 0.3) is 0 Å². The minimum atomic E-state index is 0. The molecule has 7 heteroatoms. The fourth-order valence-corrected chi connectivity index (χ4v) is 2.23. The molecule has 0 aromatic carbocycles. The van der Waals surface area contributed by atoms with Crippen LogP contribution in [0.5, 0.6) is 0 Å². The first-order valence-electron chi connectivity index (χ1n) is 6.46. The molecule has 0 unspecified atom stereocenters. The molecule has 1 heterocycles. The van der Waals surface area contributed by atoms with E-state index in [9.17, 15) is 0 Å². The molecule has 3 N–H and O–H groups in total. The molecule has 0 aliphatic heterocycles. The molecule has 0 aliphatic rings. The van der Waals surface area contributed by atoms with Crippen LogP contribution in [0.1, 0.15) is 4.88 Å². The Balaban J connectivity index is 0.00000361. The number of methoxy groups -OCH3 is 1. The average Bonchev–Trinajstić information content (AvgIpc) is 2.89. The molecule has 0 amide bonds. The van der Waals surface area contributed by atoms with Crippen LogP contribution in [0.3, 0.4) is 0 Å². The van der Waals surface area contributed by atoms with Crippen molar-refractivity contribution in [2.45, 2.75) is 6.42 Å². The maximum Gasteiger partial charge on any atom is 0.188 e. The molecule has 0 saturated heterocycles. The maximum atomic E-state index is 5.80. The molecular weight excluding hydrogens is 387 g/mol. The lowest BCUT2D eigenvalue weighted by molar-refractivity contribution is 0.163. The first-order valence-corrected chi connectivity index (χ1v) is 7.34. The largest absolute Gasteiger partial charge is 0.383 e. The van der Waals surface area contributed by atoms with E-state index in [0.29, 0.717) is 12.5 Å². The van der Waals surface area contributed by atoms with Crippen LogP contribution in [0.4, 0.5) is 0 Å². The average molecular weight is 412 g/mol. The summed E-state index contributed by atoms with van der Waals surface area (Å²) in [5.74, 6) is 0.525. The second-order valence-electron chi connectivity index (χ2n) is 4.32. The van der Waals surface area contributed by atoms with Gasteiger partial charge >= 0.3 is 0 Å². The van der Waals surface area contributed by atoms with Crippen LogP contribution < -0.4 is 11.1 Å². The highest BCUT2D eigenvalue weighted by Gasteiger charge is 1.98. The zero-order valence-electron chi connectivity index (χ0n) is 12.2. The van der Waals surface area contributed by atoms with Gasteiger partial charge in [-0.25, -0.2) is 0 Å². The summed E-state index contributed by atoms with van der Waals surface area (Å²) in [6, 6.07) is 4.19. The van der Waals surface area contributed by atoms with Crippen molar-refractivity contribution in [1.82, 2.24) is 10.2 Å². The standard InChI is InChI=1S/C13H24N4OS.HI/c1-17(9-10-18-2)8-7-16-13(14)15-6-5-12-4-3-11-19-12;/h3-4,11H,5-10H2,1-2H3,(H3,14,15,16);1H. The number of halogens is 1. The highest BCUT2D eigenvalue weighted by Crippen LogP contribution is 2.07. The number of aliphatic imine (C=N–C) groups is 1. The van der Waals surface area contributed by atoms with Crippen molar-refractivity contribution in [3.63, 3.8) is 0 Å². The van der Waals surface area contributed by atoms with E-state index in [4.69, 9.17) is 10.5 Å². The Morgan fingerprint density at radius 3 is 2.95 bits per heavy atom. The van der Waals surface area contributed by atoms with Gasteiger partial charge in [-0.2, -0.15) is 0 Å². The number of guanidine groups is 1. The van der Waals surface area contributed by atoms with Crippen molar-refractivity contribution < 1.29 is 4.74 Å². The Labute approximate surface area is 142 Å². The predicted octanol–water partition coefficient (Wildman–Crippen LogP) is 1.39. The summed E-state index contributed by atoms with van der Waals surface area (Å²) < 4.78 is 5.01. The van der Waals surface area contributed by atoms with Gasteiger partial charge in [0.2, 0.25) is 0 Å². The highest BCUT2D eigenvalue weighted by atomic mass is 127. The number of nitrogens with two attached hydrogens (primary N) is 1. The molecule has 1 aromatic rings. The number of thiophene rings is 1. The number of nitrogens with one attached hydrogen (secondary N) is 1. The topological polar surface area (TPSA) is 62.9 Å². The second-order valence-corrected chi connectivity index (χ2v) is 5.35. The number of likely N-dealkylation sites (N-methyl/N-ethyl adjacent to an activating group) is 1. The molecule has 1 aromatic heterocycles. The van der Waals surface area contributed by atoms with Crippen LogP contribution in [-0.2, 0) is 11.2 Å². The summed E-state index contributed by atoms with van der Waals surface area (Å²) in [5.41, 5.74) is 5.80. The third-order valence-electron chi connectivity index (χ3n) is 2.70. The summed E-state index contributed by atoms with van der Waals surface area (Å²) in [4.78, 5) is 7.83. The van der Waals surface area contributed by atoms with E-state index in [1.165, 1.54) is 4.88 Å². The van der Waals surface area contributed by atoms with Gasteiger partial charge in [-0.05, 0) is 24.9 Å². The van der Waals surface area contributed by atoms with E-state index >= 15 is 0 Å². The lowest BCUT2D eigenvalue weighted by atomic mass is 10.3. The Morgan fingerprint density at radius 1 is 1.50 bits per heavy atom. The molecule has 116 valence electrons. The van der Waals surface area contributed by atoms with Gasteiger partial charge in [0.25, 0.3) is 0 Å². The van der Waals surface area contributed by atoms with E-state index in [1.54, 1.807) is 18.4 Å². The van der Waals surface area contributed by atoms with E-state index in [1.807, 2.05) is 0 Å². The Hall–Kier alpha value is -0.380. The Kier molecular flexibility index (Phi) is 12.1. The van der Waals surface area contributed by atoms with Crippen molar-refractivity contribution in [3.05, 3.63) is 22.4 Å². The van der Waals surface area contributed by atoms with Crippen LogP contribution >= 0.6 is 35.3 Å². The third kappa shape index (κ3) is 9.51. The van der Waals surface area contributed by atoms with Gasteiger partial charge in [0.05, 0.1) is 13.2 Å². The first-order chi connectivity index (χ1) is 9.22. The second kappa shape index (κ2) is 12.4. The molecule has 0 radical (unpaired) electrons. The number of hydrogen-bond donors (Lipinski definition) is 2. The van der Waals surface area contributed by atoms with Crippen molar-refractivity contribution >= 4 is 41.3 Å². The minimum absolute atomic E-state index is 0. The normalized spacial score (nSPS) is 11.4.